The molecule has 1 heterocycles. The highest BCUT2D eigenvalue weighted by molar-refractivity contribution is 8.05. The molecule has 182 valence electrons. The van der Waals surface area contributed by atoms with Crippen molar-refractivity contribution >= 4 is 68.9 Å². The first kappa shape index (κ1) is 24.9. The Morgan fingerprint density at radius 3 is 2.46 bits per heavy atom. The number of anilines is 2. The second-order valence-electron chi connectivity index (χ2n) is 8.33. The molecule has 0 saturated carbocycles. The van der Waals surface area contributed by atoms with Gasteiger partial charge in [0.2, 0.25) is 5.91 Å². The van der Waals surface area contributed by atoms with Gasteiger partial charge in [0.15, 0.2) is 0 Å². The van der Waals surface area contributed by atoms with E-state index in [1.54, 1.807) is 48.5 Å². The van der Waals surface area contributed by atoms with E-state index in [4.69, 9.17) is 23.2 Å². The smallest absolute Gasteiger partial charge is 0.269 e. The van der Waals surface area contributed by atoms with E-state index in [0.717, 1.165) is 16.3 Å². The number of carbonyl (C=O) groups is 2. The van der Waals surface area contributed by atoms with Crippen molar-refractivity contribution in [2.45, 2.75) is 11.7 Å². The van der Waals surface area contributed by atoms with Crippen molar-refractivity contribution in [3.05, 3.63) is 117 Å². The second kappa shape index (κ2) is 10.7. The molecule has 8 heteroatoms. The highest BCUT2D eigenvalue weighted by atomic mass is 35.5. The lowest BCUT2D eigenvalue weighted by Crippen LogP contribution is -2.31. The summed E-state index contributed by atoms with van der Waals surface area (Å²) in [6, 6.07) is 29.4. The van der Waals surface area contributed by atoms with Crippen LogP contribution < -0.4 is 10.2 Å². The molecule has 1 unspecified atom stereocenters. The van der Waals surface area contributed by atoms with E-state index in [0.29, 0.717) is 27.8 Å². The molecule has 4 aromatic carbocycles. The van der Waals surface area contributed by atoms with E-state index in [1.165, 1.54) is 16.7 Å². The zero-order valence-corrected chi connectivity index (χ0v) is 21.6. The third-order valence-electron chi connectivity index (χ3n) is 5.98. The molecule has 1 atom stereocenters. The van der Waals surface area contributed by atoms with Crippen molar-refractivity contribution in [2.24, 2.45) is 0 Å². The number of benzene rings is 4. The van der Waals surface area contributed by atoms with E-state index >= 15 is 0 Å². The van der Waals surface area contributed by atoms with Crippen LogP contribution in [-0.2, 0) is 16.0 Å². The quantitative estimate of drug-likeness (QED) is 0.213. The lowest BCUT2D eigenvalue weighted by molar-refractivity contribution is -0.117. The first-order chi connectivity index (χ1) is 18.0. The van der Waals surface area contributed by atoms with Gasteiger partial charge in [0, 0.05) is 26.8 Å². The third-order valence-corrected chi connectivity index (χ3v) is 7.83. The van der Waals surface area contributed by atoms with Crippen molar-refractivity contribution in [3.63, 3.8) is 0 Å². The number of nitrogens with one attached hydrogen (secondary N) is 1. The van der Waals surface area contributed by atoms with Crippen LogP contribution >= 0.6 is 35.0 Å². The van der Waals surface area contributed by atoms with Gasteiger partial charge in [-0.25, -0.2) is 0 Å². The SMILES string of the molecule is N#CC(C(=O)Nc1cccc2ccccc12)=C1SC(Cc2ccc(Cl)cc2Cl)C(=O)N1c1ccccc1. The molecule has 2 amide bonds. The summed E-state index contributed by atoms with van der Waals surface area (Å²) in [5.41, 5.74) is 1.77. The number of nitriles is 1. The lowest BCUT2D eigenvalue weighted by Gasteiger charge is -2.18. The average molecular weight is 544 g/mol. The van der Waals surface area contributed by atoms with Crippen molar-refractivity contribution in [3.8, 4) is 6.07 Å². The number of para-hydroxylation sites is 1. The summed E-state index contributed by atoms with van der Waals surface area (Å²) in [5.74, 6) is -0.816. The molecule has 1 aliphatic heterocycles. The van der Waals surface area contributed by atoms with E-state index in [9.17, 15) is 14.9 Å². The van der Waals surface area contributed by atoms with Crippen LogP contribution in [0.2, 0.25) is 10.0 Å². The van der Waals surface area contributed by atoms with Gasteiger partial charge in [-0.05, 0) is 47.7 Å². The molecule has 1 saturated heterocycles. The third kappa shape index (κ3) is 5.07. The molecule has 0 bridgehead atoms. The zero-order valence-electron chi connectivity index (χ0n) is 19.3. The van der Waals surface area contributed by atoms with Crippen molar-refractivity contribution in [1.82, 2.24) is 0 Å². The molecule has 1 N–H and O–H groups in total. The van der Waals surface area contributed by atoms with Crippen LogP contribution in [0.3, 0.4) is 0 Å². The van der Waals surface area contributed by atoms with E-state index in [2.05, 4.69) is 5.32 Å². The number of hydrogen-bond acceptors (Lipinski definition) is 4. The fourth-order valence-electron chi connectivity index (χ4n) is 4.21. The minimum atomic E-state index is -0.583. The van der Waals surface area contributed by atoms with E-state index in [1.807, 2.05) is 48.5 Å². The van der Waals surface area contributed by atoms with Gasteiger partial charge < -0.3 is 5.32 Å². The van der Waals surface area contributed by atoms with Gasteiger partial charge in [0.05, 0.1) is 5.25 Å². The Labute approximate surface area is 228 Å². The normalized spacial score (nSPS) is 16.5. The second-order valence-corrected chi connectivity index (χ2v) is 10.4. The first-order valence-corrected chi connectivity index (χ1v) is 13.0. The minimum absolute atomic E-state index is 0.139. The largest absolute Gasteiger partial charge is 0.321 e. The number of rotatable bonds is 5. The molecule has 4 aromatic rings. The van der Waals surface area contributed by atoms with Crippen molar-refractivity contribution < 1.29 is 9.59 Å². The summed E-state index contributed by atoms with van der Waals surface area (Å²) in [4.78, 5) is 28.5. The van der Waals surface area contributed by atoms with Gasteiger partial charge in [-0.3, -0.25) is 14.5 Å². The maximum atomic E-state index is 13.6. The Balaban J connectivity index is 1.54. The Hall–Kier alpha value is -3.76. The average Bonchev–Trinajstić information content (AvgIpc) is 3.22. The predicted molar refractivity (Wildman–Crippen MR) is 151 cm³/mol. The Morgan fingerprint density at radius 1 is 0.973 bits per heavy atom. The van der Waals surface area contributed by atoms with Gasteiger partial charge in [-0.2, -0.15) is 5.26 Å². The number of fused-ring (bicyclic) bond motifs is 1. The van der Waals surface area contributed by atoms with Crippen LogP contribution in [0.15, 0.2) is 102 Å². The topological polar surface area (TPSA) is 73.2 Å². The number of nitrogens with zero attached hydrogens (tertiary/aromatic N) is 2. The standard InChI is InChI=1S/C29H19Cl2N3O2S/c30-20-14-13-19(24(31)16-20)15-26-28(36)34(21-9-2-1-3-10-21)29(37-26)23(17-32)27(35)33-25-12-6-8-18-7-4-5-11-22(18)25/h1-14,16,26H,15H2,(H,33,35). The molecular weight excluding hydrogens is 525 g/mol. The Kier molecular flexibility index (Phi) is 7.20. The van der Waals surface area contributed by atoms with Gasteiger partial charge in [-0.1, -0.05) is 95.6 Å². The molecular formula is C29H19Cl2N3O2S. The number of carbonyl (C=O) groups excluding carboxylic acids is 2. The highest BCUT2D eigenvalue weighted by Crippen LogP contribution is 2.42. The summed E-state index contributed by atoms with van der Waals surface area (Å²) < 4.78 is 0. The van der Waals surface area contributed by atoms with Gasteiger partial charge in [-0.15, -0.1) is 0 Å². The van der Waals surface area contributed by atoms with Crippen molar-refractivity contribution in [1.29, 1.82) is 5.26 Å². The Bertz CT molecular complexity index is 1590. The van der Waals surface area contributed by atoms with Gasteiger partial charge >= 0.3 is 0 Å². The molecule has 1 fully saturated rings. The van der Waals surface area contributed by atoms with Crippen LogP contribution in [0.1, 0.15) is 5.56 Å². The van der Waals surface area contributed by atoms with Gasteiger partial charge in [0.25, 0.3) is 5.91 Å². The van der Waals surface area contributed by atoms with Crippen LogP contribution in [-0.4, -0.2) is 17.1 Å². The highest BCUT2D eigenvalue weighted by Gasteiger charge is 2.41. The van der Waals surface area contributed by atoms with Crippen LogP contribution in [0.5, 0.6) is 0 Å². The number of amides is 2. The Morgan fingerprint density at radius 2 is 1.70 bits per heavy atom. The summed E-state index contributed by atoms with van der Waals surface area (Å²) in [6.07, 6.45) is 0.315. The van der Waals surface area contributed by atoms with E-state index < -0.39 is 11.2 Å². The fourth-order valence-corrected chi connectivity index (χ4v) is 5.99. The summed E-state index contributed by atoms with van der Waals surface area (Å²) in [6.45, 7) is 0. The molecule has 1 aliphatic rings. The lowest BCUT2D eigenvalue weighted by atomic mass is 10.1. The molecule has 5 rings (SSSR count). The molecule has 5 nitrogen and oxygen atoms in total. The van der Waals surface area contributed by atoms with E-state index in [-0.39, 0.29) is 16.5 Å². The maximum absolute atomic E-state index is 13.6. The predicted octanol–water partition coefficient (Wildman–Crippen LogP) is 7.21. The van der Waals surface area contributed by atoms with Crippen LogP contribution in [0.4, 0.5) is 11.4 Å². The number of hydrogen-bond donors (Lipinski definition) is 1. The minimum Gasteiger partial charge on any atom is -0.321 e. The van der Waals surface area contributed by atoms with Crippen LogP contribution in [0, 0.1) is 11.3 Å². The fraction of sp³-hybridized carbons (Fsp3) is 0.0690. The molecule has 0 spiro atoms. The van der Waals surface area contributed by atoms with Gasteiger partial charge in [0.1, 0.15) is 16.7 Å². The molecule has 0 aliphatic carbocycles. The summed E-state index contributed by atoms with van der Waals surface area (Å²) in [7, 11) is 0. The molecule has 37 heavy (non-hydrogen) atoms. The number of thioether (sulfide) groups is 1. The first-order valence-electron chi connectivity index (χ1n) is 11.4. The number of halogens is 2. The van der Waals surface area contributed by atoms with Crippen LogP contribution in [0.25, 0.3) is 10.8 Å². The zero-order chi connectivity index (χ0) is 25.9. The summed E-state index contributed by atoms with van der Waals surface area (Å²) in [5, 5.41) is 15.4. The molecule has 0 radical (unpaired) electrons. The van der Waals surface area contributed by atoms with Crippen molar-refractivity contribution in [2.75, 3.05) is 10.2 Å². The summed E-state index contributed by atoms with van der Waals surface area (Å²) >= 11 is 13.6. The maximum Gasteiger partial charge on any atom is 0.269 e. The molecule has 0 aromatic heterocycles. The monoisotopic (exact) mass is 543 g/mol.